The molecule has 1 aliphatic carbocycles. The van der Waals surface area contributed by atoms with Crippen LogP contribution in [-0.4, -0.2) is 9.55 Å². The van der Waals surface area contributed by atoms with Gasteiger partial charge in [-0.25, -0.2) is 0 Å². The molecule has 180 valence electrons. The third-order valence-corrected chi connectivity index (χ3v) is 8.43. The highest BCUT2D eigenvalue weighted by Gasteiger charge is 2.24. The average Bonchev–Trinajstić information content (AvgIpc) is 3.52. The third-order valence-electron chi connectivity index (χ3n) is 8.43. The van der Waals surface area contributed by atoms with Gasteiger partial charge < -0.3 is 4.57 Å². The molecule has 2 nitrogen and oxygen atoms in total. The Morgan fingerprint density at radius 2 is 1.03 bits per heavy atom. The fourth-order valence-corrected chi connectivity index (χ4v) is 6.85. The maximum absolute atomic E-state index is 4.28. The Morgan fingerprint density at radius 3 is 1.85 bits per heavy atom. The van der Waals surface area contributed by atoms with Crippen molar-refractivity contribution >= 4 is 43.4 Å². The normalized spacial score (nSPS) is 12.1. The quantitative estimate of drug-likeness (QED) is 0.234. The van der Waals surface area contributed by atoms with E-state index in [1.807, 2.05) is 12.4 Å². The number of benzene rings is 6. The number of hydrogen-bond acceptors (Lipinski definition) is 1. The van der Waals surface area contributed by atoms with Crippen molar-refractivity contribution in [3.8, 4) is 39.1 Å². The zero-order chi connectivity index (χ0) is 25.5. The Kier molecular flexibility index (Phi) is 4.08. The molecule has 6 aromatic carbocycles. The number of aromatic nitrogens is 2. The van der Waals surface area contributed by atoms with Gasteiger partial charge in [0.2, 0.25) is 0 Å². The highest BCUT2D eigenvalue weighted by atomic mass is 15.0. The van der Waals surface area contributed by atoms with E-state index < -0.39 is 0 Å². The molecule has 0 fully saturated rings. The van der Waals surface area contributed by atoms with Crippen LogP contribution in [0.1, 0.15) is 0 Å². The summed E-state index contributed by atoms with van der Waals surface area (Å²) in [5.41, 5.74) is 11.4. The average molecular weight is 495 g/mol. The summed E-state index contributed by atoms with van der Waals surface area (Å²) in [4.78, 5) is 4.28. The van der Waals surface area contributed by atoms with Crippen molar-refractivity contribution in [1.29, 1.82) is 0 Å². The standard InChI is InChI=1S/C37H22N2/c1-2-9-25-24(8-1)29-13-7-14-30-27(16-17-31(25)36(29)30)33-22-34-28-11-5-6-15-35(28)39(23-18-20-38-21-19-23)37(34)32-12-4-3-10-26(32)33/h1-22H. The van der Waals surface area contributed by atoms with Gasteiger partial charge in [0.1, 0.15) is 0 Å². The van der Waals surface area contributed by atoms with Crippen molar-refractivity contribution < 1.29 is 0 Å². The second kappa shape index (κ2) is 7.66. The number of rotatable bonds is 2. The van der Waals surface area contributed by atoms with Gasteiger partial charge in [-0.3, -0.25) is 4.98 Å². The summed E-state index contributed by atoms with van der Waals surface area (Å²) in [6.45, 7) is 0. The van der Waals surface area contributed by atoms with Crippen LogP contribution in [0.4, 0.5) is 0 Å². The minimum atomic E-state index is 1.12. The lowest BCUT2D eigenvalue weighted by Crippen LogP contribution is -1.95. The van der Waals surface area contributed by atoms with Crippen LogP contribution in [0.15, 0.2) is 134 Å². The van der Waals surface area contributed by atoms with E-state index in [0.29, 0.717) is 0 Å². The first-order valence-electron chi connectivity index (χ1n) is 13.4. The summed E-state index contributed by atoms with van der Waals surface area (Å²) in [6, 6.07) is 44.4. The molecule has 9 rings (SSSR count). The number of para-hydroxylation sites is 1. The molecule has 0 unspecified atom stereocenters. The molecular weight excluding hydrogens is 472 g/mol. The SMILES string of the molecule is c1ccc2c(c1)-c1cccc3c(-c4cc5c6ccccc6n(-c6ccncc6)c5c5ccccc45)ccc-2c13. The Hall–Kier alpha value is -5.21. The second-order valence-corrected chi connectivity index (χ2v) is 10.4. The lowest BCUT2D eigenvalue weighted by atomic mass is 9.90. The smallest absolute Gasteiger partial charge is 0.0619 e. The van der Waals surface area contributed by atoms with Gasteiger partial charge in [-0.2, -0.15) is 0 Å². The monoisotopic (exact) mass is 494 g/mol. The first kappa shape index (κ1) is 20.8. The molecule has 1 aliphatic rings. The van der Waals surface area contributed by atoms with E-state index in [-0.39, 0.29) is 0 Å². The van der Waals surface area contributed by atoms with Crippen molar-refractivity contribution in [1.82, 2.24) is 9.55 Å². The van der Waals surface area contributed by atoms with Gasteiger partial charge in [0.15, 0.2) is 0 Å². The molecule has 0 saturated heterocycles. The molecular formula is C37H22N2. The van der Waals surface area contributed by atoms with E-state index in [0.717, 1.165) is 5.69 Å². The van der Waals surface area contributed by atoms with Gasteiger partial charge >= 0.3 is 0 Å². The Labute approximate surface area is 225 Å². The second-order valence-electron chi connectivity index (χ2n) is 10.4. The van der Waals surface area contributed by atoms with Gasteiger partial charge in [0.25, 0.3) is 0 Å². The van der Waals surface area contributed by atoms with Gasteiger partial charge in [-0.05, 0) is 73.8 Å². The fourth-order valence-electron chi connectivity index (χ4n) is 6.85. The van der Waals surface area contributed by atoms with Crippen LogP contribution in [0, 0.1) is 0 Å². The topological polar surface area (TPSA) is 17.8 Å². The van der Waals surface area contributed by atoms with Crippen LogP contribution >= 0.6 is 0 Å². The summed E-state index contributed by atoms with van der Waals surface area (Å²) >= 11 is 0. The maximum Gasteiger partial charge on any atom is 0.0619 e. The molecule has 2 aromatic heterocycles. The molecule has 0 saturated carbocycles. The van der Waals surface area contributed by atoms with E-state index in [9.17, 15) is 0 Å². The Bertz CT molecular complexity index is 2240. The minimum Gasteiger partial charge on any atom is -0.309 e. The summed E-state index contributed by atoms with van der Waals surface area (Å²) in [5, 5.41) is 7.71. The third kappa shape index (κ3) is 2.73. The van der Waals surface area contributed by atoms with Crippen molar-refractivity contribution in [2.24, 2.45) is 0 Å². The largest absolute Gasteiger partial charge is 0.309 e. The predicted molar refractivity (Wildman–Crippen MR) is 163 cm³/mol. The van der Waals surface area contributed by atoms with Crippen molar-refractivity contribution in [2.45, 2.75) is 0 Å². The van der Waals surface area contributed by atoms with Crippen LogP contribution in [0.3, 0.4) is 0 Å². The maximum atomic E-state index is 4.28. The van der Waals surface area contributed by atoms with E-state index >= 15 is 0 Å². The molecule has 39 heavy (non-hydrogen) atoms. The van der Waals surface area contributed by atoms with E-state index in [1.54, 1.807) is 0 Å². The van der Waals surface area contributed by atoms with Gasteiger partial charge in [-0.1, -0.05) is 97.1 Å². The van der Waals surface area contributed by atoms with Gasteiger partial charge in [-0.15, -0.1) is 0 Å². The van der Waals surface area contributed by atoms with Crippen molar-refractivity contribution in [3.63, 3.8) is 0 Å². The molecule has 2 heterocycles. The van der Waals surface area contributed by atoms with E-state index in [1.165, 1.54) is 76.7 Å². The molecule has 0 spiro atoms. The Balaban J connectivity index is 1.44. The molecule has 0 radical (unpaired) electrons. The molecule has 8 aromatic rings. The molecule has 0 N–H and O–H groups in total. The number of hydrogen-bond donors (Lipinski definition) is 0. The van der Waals surface area contributed by atoms with Crippen molar-refractivity contribution in [2.75, 3.05) is 0 Å². The number of nitrogens with zero attached hydrogens (tertiary/aromatic N) is 2. The van der Waals surface area contributed by atoms with Crippen LogP contribution in [-0.2, 0) is 0 Å². The molecule has 0 aliphatic heterocycles. The molecule has 2 heteroatoms. The summed E-state index contributed by atoms with van der Waals surface area (Å²) in [7, 11) is 0. The van der Waals surface area contributed by atoms with Crippen LogP contribution in [0.5, 0.6) is 0 Å². The zero-order valence-electron chi connectivity index (χ0n) is 21.1. The highest BCUT2D eigenvalue weighted by molar-refractivity contribution is 6.25. The van der Waals surface area contributed by atoms with Crippen LogP contribution in [0.25, 0.3) is 82.4 Å². The summed E-state index contributed by atoms with van der Waals surface area (Å²) in [5.74, 6) is 0. The lowest BCUT2D eigenvalue weighted by molar-refractivity contribution is 1.16. The number of fused-ring (bicyclic) bond motifs is 8. The minimum absolute atomic E-state index is 1.12. The van der Waals surface area contributed by atoms with Gasteiger partial charge in [0.05, 0.1) is 11.0 Å². The first-order valence-corrected chi connectivity index (χ1v) is 13.4. The van der Waals surface area contributed by atoms with Crippen LogP contribution in [0.2, 0.25) is 0 Å². The lowest BCUT2D eigenvalue weighted by Gasteiger charge is -2.15. The van der Waals surface area contributed by atoms with Crippen molar-refractivity contribution in [3.05, 3.63) is 134 Å². The fraction of sp³-hybridized carbons (Fsp3) is 0. The number of pyridine rings is 1. The van der Waals surface area contributed by atoms with E-state index in [4.69, 9.17) is 0 Å². The predicted octanol–water partition coefficient (Wildman–Crippen LogP) is 9.80. The zero-order valence-corrected chi connectivity index (χ0v) is 21.1. The summed E-state index contributed by atoms with van der Waals surface area (Å²) in [6.07, 6.45) is 3.74. The Morgan fingerprint density at radius 1 is 0.410 bits per heavy atom. The molecule has 0 amide bonds. The molecule has 0 bridgehead atoms. The molecule has 0 atom stereocenters. The van der Waals surface area contributed by atoms with Crippen LogP contribution < -0.4 is 0 Å². The first-order chi connectivity index (χ1) is 19.4. The van der Waals surface area contributed by atoms with E-state index in [2.05, 4.69) is 131 Å². The van der Waals surface area contributed by atoms with Gasteiger partial charge in [0, 0.05) is 34.2 Å². The summed E-state index contributed by atoms with van der Waals surface area (Å²) < 4.78 is 2.39. The highest BCUT2D eigenvalue weighted by Crippen LogP contribution is 2.50.